The van der Waals surface area contributed by atoms with Crippen LogP contribution in [0, 0.1) is 0 Å². The third-order valence-electron chi connectivity index (χ3n) is 2.73. The molecule has 20 heavy (non-hydrogen) atoms. The predicted octanol–water partition coefficient (Wildman–Crippen LogP) is 3.71. The molecule has 0 aromatic heterocycles. The summed E-state index contributed by atoms with van der Waals surface area (Å²) in [6, 6.07) is 6.16. The van der Waals surface area contributed by atoms with E-state index in [1.165, 1.54) is 11.3 Å². The number of ether oxygens (including phenoxy) is 2. The first-order chi connectivity index (χ1) is 9.79. The monoisotopic (exact) mass is 361 g/mol. The number of para-hydroxylation sites is 1. The van der Waals surface area contributed by atoms with E-state index < -0.39 is 0 Å². The molecule has 0 fully saturated rings. The Balaban J connectivity index is 2.45. The van der Waals surface area contributed by atoms with Crippen molar-refractivity contribution in [3.8, 4) is 5.75 Å². The van der Waals surface area contributed by atoms with Gasteiger partial charge in [0.15, 0.2) is 0 Å². The van der Waals surface area contributed by atoms with Gasteiger partial charge >= 0.3 is 0 Å². The molecule has 0 aliphatic carbocycles. The minimum absolute atomic E-state index is 0.721. The fourth-order valence-electron chi connectivity index (χ4n) is 1.73. The molecule has 0 heterocycles. The Bertz CT molecular complexity index is 377. The normalized spacial score (nSPS) is 10.8. The Morgan fingerprint density at radius 1 is 1.30 bits per heavy atom. The van der Waals surface area contributed by atoms with Crippen molar-refractivity contribution >= 4 is 27.7 Å². The maximum absolute atomic E-state index is 5.94. The number of hydrogen-bond acceptors (Lipinski definition) is 4. The van der Waals surface area contributed by atoms with Crippen molar-refractivity contribution in [2.45, 2.75) is 19.9 Å². The largest absolute Gasteiger partial charge is 0.492 e. The standard InChI is InChI=1S/C15H24BrNO2S/c1-3-20-11-5-9-19-15-13(6-4-7-14(15)16)12-17-8-10-18-2/h4,6-7,17H,3,5,8-12H2,1-2H3. The van der Waals surface area contributed by atoms with E-state index in [-0.39, 0.29) is 0 Å². The second-order valence-corrected chi connectivity index (χ2v) is 6.54. The lowest BCUT2D eigenvalue weighted by atomic mass is 10.2. The first kappa shape index (κ1) is 17.8. The Hall–Kier alpha value is -0.230. The van der Waals surface area contributed by atoms with E-state index in [1.807, 2.05) is 23.9 Å². The van der Waals surface area contributed by atoms with E-state index in [4.69, 9.17) is 9.47 Å². The van der Waals surface area contributed by atoms with Crippen molar-refractivity contribution in [1.82, 2.24) is 5.32 Å². The van der Waals surface area contributed by atoms with Gasteiger partial charge in [-0.25, -0.2) is 0 Å². The maximum atomic E-state index is 5.94. The minimum atomic E-state index is 0.721. The number of methoxy groups -OCH3 is 1. The smallest absolute Gasteiger partial charge is 0.137 e. The number of hydrogen-bond donors (Lipinski definition) is 1. The zero-order valence-electron chi connectivity index (χ0n) is 12.3. The van der Waals surface area contributed by atoms with E-state index in [0.717, 1.165) is 48.7 Å². The molecule has 1 aromatic rings. The Kier molecular flexibility index (Phi) is 10.2. The summed E-state index contributed by atoms with van der Waals surface area (Å²) in [5.74, 6) is 3.28. The van der Waals surface area contributed by atoms with Crippen LogP contribution in [0.4, 0.5) is 0 Å². The molecule has 0 unspecified atom stereocenters. The van der Waals surface area contributed by atoms with Gasteiger partial charge in [0.25, 0.3) is 0 Å². The van der Waals surface area contributed by atoms with Crippen LogP contribution in [0.2, 0.25) is 0 Å². The lowest BCUT2D eigenvalue weighted by Gasteiger charge is -2.14. The molecular weight excluding hydrogens is 338 g/mol. The van der Waals surface area contributed by atoms with Crippen molar-refractivity contribution in [1.29, 1.82) is 0 Å². The van der Waals surface area contributed by atoms with E-state index in [2.05, 4.69) is 34.2 Å². The first-order valence-corrected chi connectivity index (χ1v) is 8.92. The van der Waals surface area contributed by atoms with E-state index in [9.17, 15) is 0 Å². The molecule has 0 saturated heterocycles. The molecule has 0 bridgehead atoms. The second-order valence-electron chi connectivity index (χ2n) is 4.30. The lowest BCUT2D eigenvalue weighted by molar-refractivity contribution is 0.199. The Morgan fingerprint density at radius 3 is 2.90 bits per heavy atom. The van der Waals surface area contributed by atoms with Gasteiger partial charge in [-0.2, -0.15) is 11.8 Å². The van der Waals surface area contributed by atoms with Gasteiger partial charge in [0.1, 0.15) is 5.75 Å². The SMILES string of the molecule is CCSCCCOc1c(Br)cccc1CNCCOC. The van der Waals surface area contributed by atoms with E-state index in [1.54, 1.807) is 7.11 Å². The maximum Gasteiger partial charge on any atom is 0.137 e. The van der Waals surface area contributed by atoms with Crippen molar-refractivity contribution in [3.63, 3.8) is 0 Å². The molecule has 0 spiro atoms. The molecule has 0 radical (unpaired) electrons. The van der Waals surface area contributed by atoms with E-state index >= 15 is 0 Å². The first-order valence-electron chi connectivity index (χ1n) is 6.97. The van der Waals surface area contributed by atoms with Crippen molar-refractivity contribution in [3.05, 3.63) is 28.2 Å². The minimum Gasteiger partial charge on any atom is -0.492 e. The summed E-state index contributed by atoms with van der Waals surface area (Å²) in [7, 11) is 1.71. The molecule has 114 valence electrons. The lowest BCUT2D eigenvalue weighted by Crippen LogP contribution is -2.19. The van der Waals surface area contributed by atoms with Gasteiger partial charge < -0.3 is 14.8 Å². The van der Waals surface area contributed by atoms with Gasteiger partial charge in [-0.1, -0.05) is 19.1 Å². The van der Waals surface area contributed by atoms with Crippen molar-refractivity contribution in [2.24, 2.45) is 0 Å². The van der Waals surface area contributed by atoms with Crippen LogP contribution in [0.5, 0.6) is 5.75 Å². The topological polar surface area (TPSA) is 30.5 Å². The average Bonchev–Trinajstić information content (AvgIpc) is 2.45. The summed E-state index contributed by atoms with van der Waals surface area (Å²) in [6.07, 6.45) is 1.08. The van der Waals surface area contributed by atoms with Gasteiger partial charge in [0, 0.05) is 25.8 Å². The van der Waals surface area contributed by atoms with Crippen LogP contribution in [0.1, 0.15) is 18.9 Å². The van der Waals surface area contributed by atoms with Crippen molar-refractivity contribution in [2.75, 3.05) is 38.4 Å². The summed E-state index contributed by atoms with van der Waals surface area (Å²) >= 11 is 5.52. The number of rotatable bonds is 11. The molecule has 0 amide bonds. The quantitative estimate of drug-likeness (QED) is 0.608. The van der Waals surface area contributed by atoms with Crippen LogP contribution in [-0.2, 0) is 11.3 Å². The highest BCUT2D eigenvalue weighted by Crippen LogP contribution is 2.29. The molecule has 5 heteroatoms. The predicted molar refractivity (Wildman–Crippen MR) is 90.8 cm³/mol. The highest BCUT2D eigenvalue weighted by Gasteiger charge is 2.07. The van der Waals surface area contributed by atoms with Gasteiger partial charge in [-0.15, -0.1) is 0 Å². The Labute approximate surface area is 134 Å². The molecule has 1 N–H and O–H groups in total. The summed E-state index contributed by atoms with van der Waals surface area (Å²) in [4.78, 5) is 0. The molecule has 0 atom stereocenters. The molecule has 1 aromatic carbocycles. The number of nitrogens with one attached hydrogen (secondary N) is 1. The highest BCUT2D eigenvalue weighted by atomic mass is 79.9. The van der Waals surface area contributed by atoms with Crippen LogP contribution in [0.15, 0.2) is 22.7 Å². The molecule has 1 rings (SSSR count). The fraction of sp³-hybridized carbons (Fsp3) is 0.600. The summed E-state index contributed by atoms with van der Waals surface area (Å²) in [5.41, 5.74) is 1.18. The van der Waals surface area contributed by atoms with Crippen LogP contribution >= 0.6 is 27.7 Å². The zero-order valence-corrected chi connectivity index (χ0v) is 14.7. The van der Waals surface area contributed by atoms with Crippen LogP contribution < -0.4 is 10.1 Å². The van der Waals surface area contributed by atoms with Crippen molar-refractivity contribution < 1.29 is 9.47 Å². The van der Waals surface area contributed by atoms with Crippen LogP contribution in [-0.4, -0.2) is 38.4 Å². The van der Waals surface area contributed by atoms with E-state index in [0.29, 0.717) is 0 Å². The summed E-state index contributed by atoms with van der Waals surface area (Å²) in [5, 5.41) is 3.35. The summed E-state index contributed by atoms with van der Waals surface area (Å²) < 4.78 is 12.0. The third kappa shape index (κ3) is 6.97. The molecule has 0 aliphatic rings. The molecule has 0 saturated carbocycles. The fourth-order valence-corrected chi connectivity index (χ4v) is 2.86. The zero-order chi connectivity index (χ0) is 14.6. The second kappa shape index (κ2) is 11.4. The van der Waals surface area contributed by atoms with Gasteiger partial charge in [0.2, 0.25) is 0 Å². The summed E-state index contributed by atoms with van der Waals surface area (Å²) in [6.45, 7) is 5.31. The number of benzene rings is 1. The number of halogens is 1. The molecule has 3 nitrogen and oxygen atoms in total. The molecular formula is C15H24BrNO2S. The average molecular weight is 362 g/mol. The molecule has 0 aliphatic heterocycles. The van der Waals surface area contributed by atoms with Gasteiger partial charge in [-0.05, 0) is 39.9 Å². The Morgan fingerprint density at radius 2 is 2.15 bits per heavy atom. The van der Waals surface area contributed by atoms with Crippen LogP contribution in [0.3, 0.4) is 0 Å². The van der Waals surface area contributed by atoms with Crippen LogP contribution in [0.25, 0.3) is 0 Å². The highest BCUT2D eigenvalue weighted by molar-refractivity contribution is 9.10. The van der Waals surface area contributed by atoms with Gasteiger partial charge in [0.05, 0.1) is 17.7 Å². The third-order valence-corrected chi connectivity index (χ3v) is 4.34. The van der Waals surface area contributed by atoms with Gasteiger partial charge in [-0.3, -0.25) is 0 Å². The number of thioether (sulfide) groups is 1.